The third-order valence-corrected chi connectivity index (χ3v) is 4.33. The zero-order valence-electron chi connectivity index (χ0n) is 10.4. The van der Waals surface area contributed by atoms with Gasteiger partial charge in [-0.1, -0.05) is 6.92 Å². The molecule has 4 heteroatoms. The van der Waals surface area contributed by atoms with Gasteiger partial charge in [0.1, 0.15) is 0 Å². The number of amides is 2. The molecule has 0 aromatic heterocycles. The van der Waals surface area contributed by atoms with E-state index in [0.717, 1.165) is 25.7 Å². The van der Waals surface area contributed by atoms with Gasteiger partial charge in [-0.05, 0) is 43.9 Å². The van der Waals surface area contributed by atoms with Crippen molar-refractivity contribution in [2.75, 3.05) is 5.73 Å². The lowest BCUT2D eigenvalue weighted by Crippen LogP contribution is -2.55. The van der Waals surface area contributed by atoms with Crippen molar-refractivity contribution in [1.82, 2.24) is 4.90 Å². The molecule has 0 atom stereocenters. The molecule has 0 spiro atoms. The molecule has 4 nitrogen and oxygen atoms in total. The minimum Gasteiger partial charge on any atom is -0.399 e. The third-order valence-electron chi connectivity index (χ3n) is 4.33. The van der Waals surface area contributed by atoms with Crippen molar-refractivity contribution in [3.8, 4) is 0 Å². The number of hydrogen-bond acceptors (Lipinski definition) is 3. The highest BCUT2D eigenvalue weighted by atomic mass is 16.2. The van der Waals surface area contributed by atoms with E-state index < -0.39 is 0 Å². The molecule has 0 bridgehead atoms. The van der Waals surface area contributed by atoms with Crippen LogP contribution in [0.1, 0.15) is 53.3 Å². The van der Waals surface area contributed by atoms with Gasteiger partial charge >= 0.3 is 0 Å². The van der Waals surface area contributed by atoms with Gasteiger partial charge < -0.3 is 5.73 Å². The van der Waals surface area contributed by atoms with Crippen molar-refractivity contribution in [1.29, 1.82) is 0 Å². The molecule has 2 amide bonds. The number of carbonyl (C=O) groups is 2. The molecule has 0 radical (unpaired) electrons. The maximum atomic E-state index is 12.4. The summed E-state index contributed by atoms with van der Waals surface area (Å²) < 4.78 is 0. The summed E-state index contributed by atoms with van der Waals surface area (Å²) in [4.78, 5) is 26.3. The fourth-order valence-electron chi connectivity index (χ4n) is 3.01. The number of anilines is 1. The summed E-state index contributed by atoms with van der Waals surface area (Å²) >= 11 is 0. The van der Waals surface area contributed by atoms with Crippen LogP contribution in [0.15, 0.2) is 18.2 Å². The number of imide groups is 1. The normalized spacial score (nSPS) is 20.8. The standard InChI is InChI=1S/C14H16N2O2/c1-2-14(6-3-7-14)16-12(17)10-5-4-9(15)8-11(10)13(16)18/h4-5,8H,2-3,6-7,15H2,1H3. The molecule has 3 rings (SSSR count). The van der Waals surface area contributed by atoms with Crippen molar-refractivity contribution in [3.05, 3.63) is 29.3 Å². The molecule has 2 N–H and O–H groups in total. The molecular weight excluding hydrogens is 228 g/mol. The third kappa shape index (κ3) is 1.26. The molecule has 1 aliphatic heterocycles. The van der Waals surface area contributed by atoms with Crippen molar-refractivity contribution in [2.24, 2.45) is 0 Å². The number of fused-ring (bicyclic) bond motifs is 1. The van der Waals surface area contributed by atoms with Gasteiger partial charge in [-0.2, -0.15) is 0 Å². The van der Waals surface area contributed by atoms with Crippen LogP contribution in [0.2, 0.25) is 0 Å². The van der Waals surface area contributed by atoms with Crippen LogP contribution >= 0.6 is 0 Å². The Labute approximate surface area is 106 Å². The summed E-state index contributed by atoms with van der Waals surface area (Å²) in [6.45, 7) is 2.04. The molecule has 18 heavy (non-hydrogen) atoms. The Balaban J connectivity index is 2.07. The number of nitrogen functional groups attached to an aromatic ring is 1. The molecule has 0 unspecified atom stereocenters. The fourth-order valence-corrected chi connectivity index (χ4v) is 3.01. The number of nitrogens with zero attached hydrogens (tertiary/aromatic N) is 1. The topological polar surface area (TPSA) is 63.4 Å². The first kappa shape index (κ1) is 11.3. The van der Waals surface area contributed by atoms with E-state index in [0.29, 0.717) is 16.8 Å². The molecule has 0 saturated heterocycles. The second-order valence-corrected chi connectivity index (χ2v) is 5.18. The van der Waals surface area contributed by atoms with Crippen LogP contribution in [0.3, 0.4) is 0 Å². The molecule has 1 heterocycles. The smallest absolute Gasteiger partial charge is 0.262 e. The Bertz CT molecular complexity index is 541. The number of benzene rings is 1. The van der Waals surface area contributed by atoms with Crippen molar-refractivity contribution < 1.29 is 9.59 Å². The van der Waals surface area contributed by atoms with Gasteiger partial charge in [0, 0.05) is 5.69 Å². The van der Waals surface area contributed by atoms with Gasteiger partial charge in [0.25, 0.3) is 11.8 Å². The van der Waals surface area contributed by atoms with Gasteiger partial charge in [0.2, 0.25) is 0 Å². The summed E-state index contributed by atoms with van der Waals surface area (Å²) in [6, 6.07) is 4.94. The molecule has 1 fully saturated rings. The van der Waals surface area contributed by atoms with Crippen molar-refractivity contribution in [2.45, 2.75) is 38.1 Å². The van der Waals surface area contributed by atoms with Crippen LogP contribution in [0, 0.1) is 0 Å². The molecule has 1 aliphatic carbocycles. The zero-order chi connectivity index (χ0) is 12.9. The van der Waals surface area contributed by atoms with Crippen LogP contribution in [-0.2, 0) is 0 Å². The maximum Gasteiger partial charge on any atom is 0.262 e. The predicted molar refractivity (Wildman–Crippen MR) is 68.2 cm³/mol. The Morgan fingerprint density at radius 2 is 1.89 bits per heavy atom. The van der Waals surface area contributed by atoms with E-state index in [2.05, 4.69) is 0 Å². The molecule has 2 aliphatic rings. The second-order valence-electron chi connectivity index (χ2n) is 5.18. The SMILES string of the molecule is CCC1(N2C(=O)c3ccc(N)cc3C2=O)CCC1. The maximum absolute atomic E-state index is 12.4. The molecule has 1 aromatic rings. The highest BCUT2D eigenvalue weighted by molar-refractivity contribution is 6.22. The van der Waals surface area contributed by atoms with Crippen LogP contribution in [0.4, 0.5) is 5.69 Å². The van der Waals surface area contributed by atoms with Crippen LogP contribution in [0.25, 0.3) is 0 Å². The van der Waals surface area contributed by atoms with Crippen molar-refractivity contribution >= 4 is 17.5 Å². The first-order chi connectivity index (χ1) is 8.59. The lowest BCUT2D eigenvalue weighted by atomic mass is 9.73. The minimum atomic E-state index is -0.248. The summed E-state index contributed by atoms with van der Waals surface area (Å²) in [6.07, 6.45) is 3.76. The Morgan fingerprint density at radius 1 is 1.22 bits per heavy atom. The fraction of sp³-hybridized carbons (Fsp3) is 0.429. The van der Waals surface area contributed by atoms with E-state index in [-0.39, 0.29) is 17.4 Å². The van der Waals surface area contributed by atoms with E-state index in [4.69, 9.17) is 5.73 Å². The summed E-state index contributed by atoms with van der Waals surface area (Å²) in [7, 11) is 0. The zero-order valence-corrected chi connectivity index (χ0v) is 10.4. The summed E-state index contributed by atoms with van der Waals surface area (Å²) in [5.41, 5.74) is 6.92. The molecule has 94 valence electrons. The van der Waals surface area contributed by atoms with Crippen LogP contribution in [0.5, 0.6) is 0 Å². The van der Waals surface area contributed by atoms with Gasteiger partial charge in [-0.15, -0.1) is 0 Å². The lowest BCUT2D eigenvalue weighted by molar-refractivity contribution is 0.0182. The van der Waals surface area contributed by atoms with Crippen molar-refractivity contribution in [3.63, 3.8) is 0 Å². The number of carbonyl (C=O) groups excluding carboxylic acids is 2. The minimum absolute atomic E-state index is 0.156. The predicted octanol–water partition coefficient (Wildman–Crippen LogP) is 2.20. The van der Waals surface area contributed by atoms with Gasteiger partial charge in [-0.25, -0.2) is 0 Å². The number of nitrogens with two attached hydrogens (primary N) is 1. The summed E-state index contributed by atoms with van der Waals surface area (Å²) in [5, 5.41) is 0. The molecular formula is C14H16N2O2. The van der Waals surface area contributed by atoms with Gasteiger partial charge in [0.05, 0.1) is 16.7 Å². The molecule has 1 saturated carbocycles. The number of hydrogen-bond donors (Lipinski definition) is 1. The van der Waals surface area contributed by atoms with E-state index in [9.17, 15) is 9.59 Å². The summed E-state index contributed by atoms with van der Waals surface area (Å²) in [5.74, 6) is -0.333. The largest absolute Gasteiger partial charge is 0.399 e. The van der Waals surface area contributed by atoms with E-state index in [1.165, 1.54) is 4.90 Å². The van der Waals surface area contributed by atoms with Gasteiger partial charge in [0.15, 0.2) is 0 Å². The Kier molecular flexibility index (Phi) is 2.24. The van der Waals surface area contributed by atoms with E-state index >= 15 is 0 Å². The first-order valence-electron chi connectivity index (χ1n) is 6.37. The highest BCUT2D eigenvalue weighted by Gasteiger charge is 2.50. The van der Waals surface area contributed by atoms with Crippen LogP contribution in [-0.4, -0.2) is 22.3 Å². The van der Waals surface area contributed by atoms with E-state index in [1.807, 2.05) is 6.92 Å². The average molecular weight is 244 g/mol. The number of rotatable bonds is 2. The second kappa shape index (κ2) is 3.57. The monoisotopic (exact) mass is 244 g/mol. The Hall–Kier alpha value is -1.84. The first-order valence-corrected chi connectivity index (χ1v) is 6.37. The van der Waals surface area contributed by atoms with Crippen LogP contribution < -0.4 is 5.73 Å². The highest BCUT2D eigenvalue weighted by Crippen LogP contribution is 2.44. The lowest BCUT2D eigenvalue weighted by Gasteiger charge is -2.47. The van der Waals surface area contributed by atoms with E-state index in [1.54, 1.807) is 18.2 Å². The van der Waals surface area contributed by atoms with Gasteiger partial charge in [-0.3, -0.25) is 14.5 Å². The Morgan fingerprint density at radius 3 is 2.44 bits per heavy atom. The average Bonchev–Trinajstić information content (AvgIpc) is 2.54. The quantitative estimate of drug-likeness (QED) is 0.640. The molecule has 1 aromatic carbocycles.